The molecule has 0 N–H and O–H groups in total. The molecule has 25 heavy (non-hydrogen) atoms. The molecule has 0 saturated heterocycles. The van der Waals surface area contributed by atoms with E-state index in [9.17, 15) is 4.79 Å². The molecule has 3 saturated carbocycles. The summed E-state index contributed by atoms with van der Waals surface area (Å²) in [6.07, 6.45) is 12.5. The topological polar surface area (TPSA) is 26.3 Å². The molecule has 3 aliphatic carbocycles. The molecule has 2 heteroatoms. The summed E-state index contributed by atoms with van der Waals surface area (Å²) in [6, 6.07) is 0. The highest BCUT2D eigenvalue weighted by atomic mass is 16.5. The predicted octanol–water partition coefficient (Wildman–Crippen LogP) is 6.19. The number of carbonyl (C=O) groups is 1. The maximum absolute atomic E-state index is 12.7. The van der Waals surface area contributed by atoms with Crippen molar-refractivity contribution in [2.45, 2.75) is 98.0 Å². The van der Waals surface area contributed by atoms with Crippen molar-refractivity contribution in [3.8, 4) is 0 Å². The van der Waals surface area contributed by atoms with Crippen LogP contribution in [0.3, 0.4) is 0 Å². The Labute approximate surface area is 155 Å². The first kappa shape index (κ1) is 19.2. The third-order valence-electron chi connectivity index (χ3n) is 7.90. The minimum absolute atomic E-state index is 0.111. The number of rotatable bonds is 3. The van der Waals surface area contributed by atoms with E-state index in [1.54, 1.807) is 5.92 Å². The van der Waals surface area contributed by atoms with Gasteiger partial charge in [0.15, 0.2) is 0 Å². The molecule has 0 aliphatic heterocycles. The lowest BCUT2D eigenvalue weighted by molar-refractivity contribution is -0.158. The van der Waals surface area contributed by atoms with Crippen molar-refractivity contribution in [2.75, 3.05) is 0 Å². The summed E-state index contributed by atoms with van der Waals surface area (Å²) in [5.74, 6) is 5.79. The van der Waals surface area contributed by atoms with Crippen LogP contribution in [-0.2, 0) is 9.53 Å². The molecule has 0 amide bonds. The molecule has 143 valence electrons. The van der Waals surface area contributed by atoms with E-state index in [2.05, 4.69) is 27.7 Å². The van der Waals surface area contributed by atoms with Crippen LogP contribution in [0.1, 0.15) is 91.9 Å². The number of hydrogen-bond donors (Lipinski definition) is 0. The van der Waals surface area contributed by atoms with Crippen molar-refractivity contribution in [3.05, 3.63) is 5.92 Å². The number of ether oxygens (including phenoxy) is 1. The summed E-state index contributed by atoms with van der Waals surface area (Å²) in [5, 5.41) is 0. The van der Waals surface area contributed by atoms with Crippen molar-refractivity contribution in [3.63, 3.8) is 0 Å². The van der Waals surface area contributed by atoms with E-state index in [0.29, 0.717) is 11.8 Å². The van der Waals surface area contributed by atoms with Gasteiger partial charge < -0.3 is 4.74 Å². The molecule has 0 aromatic rings. The SMILES string of the molecule is C[C]1C(C)CC(OC(=O)C2CCC(C3CCC(C)CC3)CC2)CC1C. The Hall–Kier alpha value is -0.530. The molecule has 0 aromatic heterocycles. The molecule has 0 heterocycles. The van der Waals surface area contributed by atoms with Gasteiger partial charge in [0, 0.05) is 0 Å². The highest BCUT2D eigenvalue weighted by Gasteiger charge is 2.36. The number of hydrogen-bond acceptors (Lipinski definition) is 2. The lowest BCUT2D eigenvalue weighted by atomic mass is 9.69. The quantitative estimate of drug-likeness (QED) is 0.569. The first-order valence-electron chi connectivity index (χ1n) is 11.0. The van der Waals surface area contributed by atoms with Gasteiger partial charge in [-0.05, 0) is 86.9 Å². The summed E-state index contributed by atoms with van der Waals surface area (Å²) in [4.78, 5) is 12.7. The Morgan fingerprint density at radius 3 is 1.80 bits per heavy atom. The molecule has 0 spiro atoms. The normalized spacial score (nSPS) is 43.6. The van der Waals surface area contributed by atoms with Crippen LogP contribution in [0.15, 0.2) is 0 Å². The monoisotopic (exact) mass is 347 g/mol. The fourth-order valence-corrected chi connectivity index (χ4v) is 5.68. The van der Waals surface area contributed by atoms with E-state index in [1.165, 1.54) is 38.5 Å². The molecule has 0 aromatic carbocycles. The fourth-order valence-electron chi connectivity index (χ4n) is 5.68. The van der Waals surface area contributed by atoms with Crippen molar-refractivity contribution in [1.29, 1.82) is 0 Å². The van der Waals surface area contributed by atoms with Gasteiger partial charge in [0.1, 0.15) is 6.10 Å². The zero-order valence-corrected chi connectivity index (χ0v) is 16.9. The number of esters is 1. The minimum atomic E-state index is 0.111. The summed E-state index contributed by atoms with van der Waals surface area (Å²) in [6.45, 7) is 9.22. The van der Waals surface area contributed by atoms with Crippen molar-refractivity contribution >= 4 is 5.97 Å². The van der Waals surface area contributed by atoms with Crippen LogP contribution in [-0.4, -0.2) is 12.1 Å². The van der Waals surface area contributed by atoms with E-state index in [1.807, 2.05) is 0 Å². The Kier molecular flexibility index (Phi) is 6.49. The van der Waals surface area contributed by atoms with Crippen LogP contribution >= 0.6 is 0 Å². The van der Waals surface area contributed by atoms with Crippen molar-refractivity contribution in [2.24, 2.45) is 35.5 Å². The first-order valence-corrected chi connectivity index (χ1v) is 11.0. The second kappa shape index (κ2) is 8.44. The molecular weight excluding hydrogens is 308 g/mol. The molecular formula is C23H39O2. The van der Waals surface area contributed by atoms with Crippen LogP contribution in [0.5, 0.6) is 0 Å². The lowest BCUT2D eigenvalue weighted by Crippen LogP contribution is -2.35. The van der Waals surface area contributed by atoms with Gasteiger partial charge in [0.05, 0.1) is 5.92 Å². The Balaban J connectivity index is 1.42. The fraction of sp³-hybridized carbons (Fsp3) is 0.913. The Morgan fingerprint density at radius 2 is 1.28 bits per heavy atom. The van der Waals surface area contributed by atoms with E-state index >= 15 is 0 Å². The summed E-state index contributed by atoms with van der Waals surface area (Å²) >= 11 is 0. The predicted molar refractivity (Wildman–Crippen MR) is 103 cm³/mol. The lowest BCUT2D eigenvalue weighted by Gasteiger charge is -2.38. The third-order valence-corrected chi connectivity index (χ3v) is 7.90. The molecule has 2 nitrogen and oxygen atoms in total. The second-order valence-corrected chi connectivity index (χ2v) is 9.71. The Morgan fingerprint density at radius 1 is 0.800 bits per heavy atom. The molecule has 1 radical (unpaired) electrons. The zero-order valence-electron chi connectivity index (χ0n) is 16.9. The maximum atomic E-state index is 12.7. The summed E-state index contributed by atoms with van der Waals surface area (Å²) in [5.41, 5.74) is 0. The van der Waals surface area contributed by atoms with Crippen LogP contribution in [0, 0.1) is 41.4 Å². The molecule has 3 fully saturated rings. The standard InChI is InChI=1S/C23H39O2/c1-15-5-7-19(8-6-15)20-9-11-21(12-10-20)23(24)25-22-13-16(2)18(4)17(3)14-22/h15-17,19-22H,5-14H2,1-4H3. The number of carbonyl (C=O) groups excluding carboxylic acids is 1. The van der Waals surface area contributed by atoms with E-state index < -0.39 is 0 Å². The van der Waals surface area contributed by atoms with Crippen LogP contribution < -0.4 is 0 Å². The van der Waals surface area contributed by atoms with Crippen LogP contribution in [0.25, 0.3) is 0 Å². The maximum Gasteiger partial charge on any atom is 0.309 e. The Bertz CT molecular complexity index is 417. The van der Waals surface area contributed by atoms with Crippen LogP contribution in [0.4, 0.5) is 0 Å². The van der Waals surface area contributed by atoms with E-state index in [0.717, 1.165) is 43.4 Å². The van der Waals surface area contributed by atoms with Gasteiger partial charge in [-0.2, -0.15) is 0 Å². The van der Waals surface area contributed by atoms with Crippen molar-refractivity contribution in [1.82, 2.24) is 0 Å². The van der Waals surface area contributed by atoms with E-state index in [-0.39, 0.29) is 18.0 Å². The average Bonchev–Trinajstić information content (AvgIpc) is 2.60. The van der Waals surface area contributed by atoms with Gasteiger partial charge in [0.2, 0.25) is 0 Å². The summed E-state index contributed by atoms with van der Waals surface area (Å²) < 4.78 is 5.96. The zero-order chi connectivity index (χ0) is 18.0. The highest BCUT2D eigenvalue weighted by molar-refractivity contribution is 5.72. The first-order chi connectivity index (χ1) is 11.9. The third kappa shape index (κ3) is 4.80. The average molecular weight is 348 g/mol. The molecule has 3 aliphatic rings. The largest absolute Gasteiger partial charge is 0.462 e. The van der Waals surface area contributed by atoms with Gasteiger partial charge in [0.25, 0.3) is 0 Å². The van der Waals surface area contributed by atoms with E-state index in [4.69, 9.17) is 4.74 Å². The van der Waals surface area contributed by atoms with Gasteiger partial charge in [-0.3, -0.25) is 4.79 Å². The van der Waals surface area contributed by atoms with Gasteiger partial charge in [-0.1, -0.05) is 40.5 Å². The van der Waals surface area contributed by atoms with Gasteiger partial charge >= 0.3 is 5.97 Å². The molecule has 3 rings (SSSR count). The minimum Gasteiger partial charge on any atom is -0.462 e. The molecule has 0 bridgehead atoms. The summed E-state index contributed by atoms with van der Waals surface area (Å²) in [7, 11) is 0. The van der Waals surface area contributed by atoms with Gasteiger partial charge in [-0.25, -0.2) is 0 Å². The highest BCUT2D eigenvalue weighted by Crippen LogP contribution is 2.42. The van der Waals surface area contributed by atoms with Crippen molar-refractivity contribution < 1.29 is 9.53 Å². The molecule has 2 atom stereocenters. The van der Waals surface area contributed by atoms with Gasteiger partial charge in [-0.15, -0.1) is 0 Å². The van der Waals surface area contributed by atoms with Crippen LogP contribution in [0.2, 0.25) is 0 Å². The smallest absolute Gasteiger partial charge is 0.309 e. The molecule has 2 unspecified atom stereocenters. The second-order valence-electron chi connectivity index (χ2n) is 9.71.